The molecule has 0 radical (unpaired) electrons. The smallest absolute Gasteiger partial charge is 0.0722 e. The van der Waals surface area contributed by atoms with Gasteiger partial charge in [-0.15, -0.1) is 0 Å². The van der Waals surface area contributed by atoms with Crippen LogP contribution in [-0.4, -0.2) is 27.9 Å². The van der Waals surface area contributed by atoms with Crippen molar-refractivity contribution in [1.29, 1.82) is 0 Å². The molecule has 1 unspecified atom stereocenters. The van der Waals surface area contributed by atoms with E-state index in [0.717, 1.165) is 25.0 Å². The zero-order chi connectivity index (χ0) is 13.4. The molecule has 0 bridgehead atoms. The molecule has 0 spiro atoms. The molecule has 0 N–H and O–H groups in total. The zero-order valence-corrected chi connectivity index (χ0v) is 11.2. The van der Waals surface area contributed by atoms with Crippen molar-refractivity contribution in [1.82, 2.24) is 14.8 Å². The van der Waals surface area contributed by atoms with E-state index < -0.39 is 0 Å². The Kier molecular flexibility index (Phi) is 2.66. The third-order valence-electron chi connectivity index (χ3n) is 4.03. The highest BCUT2D eigenvalue weighted by molar-refractivity contribution is 5.91. The van der Waals surface area contributed by atoms with Gasteiger partial charge in [0, 0.05) is 42.8 Å². The number of para-hydroxylation sites is 1. The number of aromatic nitrogens is 3. The number of anilines is 1. The molecule has 4 heteroatoms. The standard InChI is InChI=1S/C16H16N4/c1-2-5-15-14(4-1)16(6-9-17-15)19-11-7-13(12-19)20-10-3-8-18-20/h1-6,8-10,13H,7,11-12H2. The molecule has 2 aromatic heterocycles. The average Bonchev–Trinajstić information content (AvgIpc) is 3.17. The molecule has 1 aromatic carbocycles. The molecule has 100 valence electrons. The Balaban J connectivity index is 1.68. The van der Waals surface area contributed by atoms with Crippen molar-refractivity contribution in [3.63, 3.8) is 0 Å². The molecule has 0 aliphatic carbocycles. The minimum atomic E-state index is 0.469. The van der Waals surface area contributed by atoms with Gasteiger partial charge in [-0.2, -0.15) is 5.10 Å². The Morgan fingerprint density at radius 1 is 1.05 bits per heavy atom. The van der Waals surface area contributed by atoms with Gasteiger partial charge in [-0.3, -0.25) is 9.67 Å². The van der Waals surface area contributed by atoms with Crippen LogP contribution in [0.15, 0.2) is 55.0 Å². The molecule has 0 amide bonds. The third-order valence-corrected chi connectivity index (χ3v) is 4.03. The second-order valence-corrected chi connectivity index (χ2v) is 5.22. The molecule has 1 aliphatic heterocycles. The highest BCUT2D eigenvalue weighted by Gasteiger charge is 2.25. The van der Waals surface area contributed by atoms with Crippen LogP contribution in [0, 0.1) is 0 Å². The summed E-state index contributed by atoms with van der Waals surface area (Å²) in [4.78, 5) is 6.88. The predicted molar refractivity (Wildman–Crippen MR) is 79.8 cm³/mol. The lowest BCUT2D eigenvalue weighted by molar-refractivity contribution is 0.495. The third kappa shape index (κ3) is 1.84. The zero-order valence-electron chi connectivity index (χ0n) is 11.2. The summed E-state index contributed by atoms with van der Waals surface area (Å²) in [6.07, 6.45) is 6.94. The summed E-state index contributed by atoms with van der Waals surface area (Å²) in [7, 11) is 0. The van der Waals surface area contributed by atoms with Gasteiger partial charge in [-0.05, 0) is 24.6 Å². The Labute approximate surface area is 117 Å². The Hall–Kier alpha value is -2.36. The van der Waals surface area contributed by atoms with Gasteiger partial charge in [0.05, 0.1) is 11.6 Å². The molecular weight excluding hydrogens is 248 g/mol. The van der Waals surface area contributed by atoms with Crippen LogP contribution >= 0.6 is 0 Å². The van der Waals surface area contributed by atoms with E-state index in [1.54, 1.807) is 0 Å². The van der Waals surface area contributed by atoms with Crippen molar-refractivity contribution in [3.05, 3.63) is 55.0 Å². The van der Waals surface area contributed by atoms with Gasteiger partial charge in [0.15, 0.2) is 0 Å². The molecule has 1 aliphatic rings. The summed E-state index contributed by atoms with van der Waals surface area (Å²) < 4.78 is 2.07. The van der Waals surface area contributed by atoms with Crippen LogP contribution < -0.4 is 4.90 Å². The fourth-order valence-corrected chi connectivity index (χ4v) is 3.03. The molecule has 0 saturated carbocycles. The van der Waals surface area contributed by atoms with E-state index in [9.17, 15) is 0 Å². The molecule has 3 aromatic rings. The maximum atomic E-state index is 4.44. The van der Waals surface area contributed by atoms with Crippen LogP contribution in [0.1, 0.15) is 12.5 Å². The van der Waals surface area contributed by atoms with Gasteiger partial charge >= 0.3 is 0 Å². The number of pyridine rings is 1. The lowest BCUT2D eigenvalue weighted by atomic mass is 10.2. The Morgan fingerprint density at radius 2 is 2.00 bits per heavy atom. The van der Waals surface area contributed by atoms with Crippen molar-refractivity contribution in [2.45, 2.75) is 12.5 Å². The maximum Gasteiger partial charge on any atom is 0.0722 e. The fraction of sp³-hybridized carbons (Fsp3) is 0.250. The molecule has 1 atom stereocenters. The topological polar surface area (TPSA) is 34.0 Å². The highest BCUT2D eigenvalue weighted by atomic mass is 15.3. The highest BCUT2D eigenvalue weighted by Crippen LogP contribution is 2.31. The van der Waals surface area contributed by atoms with Gasteiger partial charge in [0.2, 0.25) is 0 Å². The maximum absolute atomic E-state index is 4.44. The van der Waals surface area contributed by atoms with E-state index >= 15 is 0 Å². The van der Waals surface area contributed by atoms with Gasteiger partial charge in [-0.1, -0.05) is 18.2 Å². The minimum absolute atomic E-state index is 0.469. The number of benzene rings is 1. The molecule has 20 heavy (non-hydrogen) atoms. The number of rotatable bonds is 2. The van der Waals surface area contributed by atoms with E-state index in [1.807, 2.05) is 24.5 Å². The normalized spacial score (nSPS) is 18.8. The second-order valence-electron chi connectivity index (χ2n) is 5.22. The predicted octanol–water partition coefficient (Wildman–Crippen LogP) is 2.88. The molecule has 4 rings (SSSR count). The van der Waals surface area contributed by atoms with E-state index in [4.69, 9.17) is 0 Å². The van der Waals surface area contributed by atoms with Crippen LogP contribution in [0.2, 0.25) is 0 Å². The summed E-state index contributed by atoms with van der Waals surface area (Å²) in [6.45, 7) is 2.08. The first-order valence-electron chi connectivity index (χ1n) is 6.99. The number of fused-ring (bicyclic) bond motifs is 1. The SMILES string of the molecule is c1ccc2c(N3CCC(n4cccn4)C3)ccnc2c1. The molecule has 1 saturated heterocycles. The lowest BCUT2D eigenvalue weighted by Gasteiger charge is -2.20. The van der Waals surface area contributed by atoms with Crippen LogP contribution in [0.3, 0.4) is 0 Å². The fourth-order valence-electron chi connectivity index (χ4n) is 3.03. The van der Waals surface area contributed by atoms with Gasteiger partial charge < -0.3 is 4.90 Å². The van der Waals surface area contributed by atoms with Crippen molar-refractivity contribution in [2.24, 2.45) is 0 Å². The largest absolute Gasteiger partial charge is 0.369 e. The molecule has 4 nitrogen and oxygen atoms in total. The quantitative estimate of drug-likeness (QED) is 0.713. The Bertz CT molecular complexity index is 715. The van der Waals surface area contributed by atoms with Crippen LogP contribution in [0.4, 0.5) is 5.69 Å². The first kappa shape index (κ1) is 11.5. The van der Waals surface area contributed by atoms with Crippen molar-refractivity contribution in [3.8, 4) is 0 Å². The van der Waals surface area contributed by atoms with Crippen LogP contribution in [0.5, 0.6) is 0 Å². The summed E-state index contributed by atoms with van der Waals surface area (Å²) in [6, 6.07) is 12.9. The number of nitrogens with zero attached hydrogens (tertiary/aromatic N) is 4. The minimum Gasteiger partial charge on any atom is -0.369 e. The Morgan fingerprint density at radius 3 is 2.90 bits per heavy atom. The summed E-state index contributed by atoms with van der Waals surface area (Å²) in [5.74, 6) is 0. The van der Waals surface area contributed by atoms with Crippen molar-refractivity contribution < 1.29 is 0 Å². The lowest BCUT2D eigenvalue weighted by Crippen LogP contribution is -2.21. The van der Waals surface area contributed by atoms with Gasteiger partial charge in [0.25, 0.3) is 0 Å². The molecule has 3 heterocycles. The number of hydrogen-bond acceptors (Lipinski definition) is 3. The first-order chi connectivity index (χ1) is 9.92. The van der Waals surface area contributed by atoms with Crippen LogP contribution in [-0.2, 0) is 0 Å². The van der Waals surface area contributed by atoms with Crippen molar-refractivity contribution >= 4 is 16.6 Å². The monoisotopic (exact) mass is 264 g/mol. The van der Waals surface area contributed by atoms with E-state index in [2.05, 4.69) is 50.1 Å². The average molecular weight is 264 g/mol. The van der Waals surface area contributed by atoms with Crippen LogP contribution in [0.25, 0.3) is 10.9 Å². The first-order valence-corrected chi connectivity index (χ1v) is 6.99. The van der Waals surface area contributed by atoms with E-state index in [-0.39, 0.29) is 0 Å². The summed E-state index contributed by atoms with van der Waals surface area (Å²) in [5, 5.41) is 5.60. The van der Waals surface area contributed by atoms with Gasteiger partial charge in [0.1, 0.15) is 0 Å². The van der Waals surface area contributed by atoms with Gasteiger partial charge in [-0.25, -0.2) is 0 Å². The summed E-state index contributed by atoms with van der Waals surface area (Å²) in [5.41, 5.74) is 2.35. The summed E-state index contributed by atoms with van der Waals surface area (Å²) >= 11 is 0. The molecular formula is C16H16N4. The second kappa shape index (κ2) is 4.63. The number of hydrogen-bond donors (Lipinski definition) is 0. The van der Waals surface area contributed by atoms with E-state index in [0.29, 0.717) is 6.04 Å². The molecule has 1 fully saturated rings. The van der Waals surface area contributed by atoms with Crippen molar-refractivity contribution in [2.75, 3.05) is 18.0 Å². The van der Waals surface area contributed by atoms with E-state index in [1.165, 1.54) is 11.1 Å².